The Morgan fingerprint density at radius 3 is 2.46 bits per heavy atom. The Hall–Kier alpha value is -0.240. The summed E-state index contributed by atoms with van der Waals surface area (Å²) in [7, 11) is 0. The molecule has 0 aliphatic rings. The fourth-order valence-corrected chi connectivity index (χ4v) is 1.49. The van der Waals surface area contributed by atoms with E-state index in [9.17, 15) is 0 Å². The molecule has 0 bridgehead atoms. The van der Waals surface area contributed by atoms with Gasteiger partial charge in [0.15, 0.2) is 0 Å². The van der Waals surface area contributed by atoms with Gasteiger partial charge in [0, 0.05) is 0 Å². The van der Waals surface area contributed by atoms with E-state index in [4.69, 9.17) is 28.9 Å². The fourth-order valence-electron chi connectivity index (χ4n) is 1.17. The van der Waals surface area contributed by atoms with Crippen molar-refractivity contribution in [3.63, 3.8) is 0 Å². The quantitative estimate of drug-likeness (QED) is 0.771. The van der Waals surface area contributed by atoms with Crippen LogP contribution in [-0.2, 0) is 6.42 Å². The molecule has 0 saturated heterocycles. The van der Waals surface area contributed by atoms with E-state index in [2.05, 4.69) is 0 Å². The smallest absolute Gasteiger partial charge is 0.0595 e. The van der Waals surface area contributed by atoms with Crippen molar-refractivity contribution >= 4 is 23.2 Å². The molecule has 1 aromatic rings. The molecule has 0 fully saturated rings. The zero-order valence-electron chi connectivity index (χ0n) is 7.39. The summed E-state index contributed by atoms with van der Waals surface area (Å²) < 4.78 is 0. The second kappa shape index (κ2) is 5.48. The van der Waals surface area contributed by atoms with Gasteiger partial charge in [0.1, 0.15) is 0 Å². The van der Waals surface area contributed by atoms with Gasteiger partial charge in [0.25, 0.3) is 0 Å². The monoisotopic (exact) mass is 217 g/mol. The van der Waals surface area contributed by atoms with Crippen molar-refractivity contribution in [1.82, 2.24) is 0 Å². The van der Waals surface area contributed by atoms with Crippen LogP contribution in [0.15, 0.2) is 18.2 Å². The third-order valence-electron chi connectivity index (χ3n) is 1.90. The Labute approximate surface area is 88.8 Å². The number of hydrogen-bond acceptors (Lipinski definition) is 1. The fraction of sp³-hybridized carbons (Fsp3) is 0.400. The van der Waals surface area contributed by atoms with Gasteiger partial charge in [-0.15, -0.1) is 0 Å². The molecular weight excluding hydrogens is 205 g/mol. The van der Waals surface area contributed by atoms with Crippen molar-refractivity contribution < 1.29 is 0 Å². The predicted molar refractivity (Wildman–Crippen MR) is 58.5 cm³/mol. The molecule has 0 unspecified atom stereocenters. The summed E-state index contributed by atoms with van der Waals surface area (Å²) in [5, 5.41) is 1.25. The average Bonchev–Trinajstić information content (AvgIpc) is 2.12. The normalized spacial score (nSPS) is 10.4. The molecule has 0 atom stereocenters. The van der Waals surface area contributed by atoms with Crippen molar-refractivity contribution in [1.29, 1.82) is 0 Å². The summed E-state index contributed by atoms with van der Waals surface area (Å²) in [4.78, 5) is 0. The van der Waals surface area contributed by atoms with Gasteiger partial charge < -0.3 is 5.73 Å². The minimum absolute atomic E-state index is 0.615. The maximum absolute atomic E-state index is 5.87. The summed E-state index contributed by atoms with van der Waals surface area (Å²) in [5.41, 5.74) is 6.62. The summed E-state index contributed by atoms with van der Waals surface area (Å²) in [5.74, 6) is 0. The van der Waals surface area contributed by atoms with Crippen LogP contribution in [0.25, 0.3) is 0 Å². The molecule has 0 radical (unpaired) electrons. The molecule has 0 aromatic heterocycles. The van der Waals surface area contributed by atoms with E-state index < -0.39 is 0 Å². The second-order valence-electron chi connectivity index (χ2n) is 2.99. The van der Waals surface area contributed by atoms with Crippen molar-refractivity contribution in [3.05, 3.63) is 33.8 Å². The van der Waals surface area contributed by atoms with Gasteiger partial charge >= 0.3 is 0 Å². The standard InChI is InChI=1S/C10H13Cl2N/c11-9-5-4-8(7-10(9)12)3-1-2-6-13/h4-5,7H,1-3,6,13H2. The van der Waals surface area contributed by atoms with Crippen LogP contribution in [0.4, 0.5) is 0 Å². The van der Waals surface area contributed by atoms with Crippen LogP contribution in [0.1, 0.15) is 18.4 Å². The lowest BCUT2D eigenvalue weighted by atomic mass is 10.1. The number of unbranched alkanes of at least 4 members (excludes halogenated alkanes) is 1. The number of nitrogens with two attached hydrogens (primary N) is 1. The van der Waals surface area contributed by atoms with E-state index >= 15 is 0 Å². The lowest BCUT2D eigenvalue weighted by molar-refractivity contribution is 0.745. The van der Waals surface area contributed by atoms with E-state index in [1.807, 2.05) is 18.2 Å². The molecule has 0 aliphatic carbocycles. The lowest BCUT2D eigenvalue weighted by Gasteiger charge is -2.02. The highest BCUT2D eigenvalue weighted by molar-refractivity contribution is 6.42. The molecule has 0 saturated carbocycles. The van der Waals surface area contributed by atoms with Crippen LogP contribution in [0.2, 0.25) is 10.0 Å². The van der Waals surface area contributed by atoms with Gasteiger partial charge in [-0.25, -0.2) is 0 Å². The minimum Gasteiger partial charge on any atom is -0.330 e. The van der Waals surface area contributed by atoms with E-state index in [1.165, 1.54) is 5.56 Å². The minimum atomic E-state index is 0.615. The van der Waals surface area contributed by atoms with E-state index in [1.54, 1.807) is 0 Å². The van der Waals surface area contributed by atoms with Crippen molar-refractivity contribution in [2.45, 2.75) is 19.3 Å². The highest BCUT2D eigenvalue weighted by Gasteiger charge is 1.98. The Morgan fingerprint density at radius 2 is 1.85 bits per heavy atom. The Balaban J connectivity index is 2.53. The average molecular weight is 218 g/mol. The summed E-state index contributed by atoms with van der Waals surface area (Å²) in [6, 6.07) is 5.76. The van der Waals surface area contributed by atoms with Gasteiger partial charge in [0.05, 0.1) is 10.0 Å². The summed E-state index contributed by atoms with van der Waals surface area (Å²) >= 11 is 11.7. The van der Waals surface area contributed by atoms with Crippen LogP contribution in [-0.4, -0.2) is 6.54 Å². The van der Waals surface area contributed by atoms with Gasteiger partial charge in [-0.2, -0.15) is 0 Å². The molecule has 1 aromatic carbocycles. The zero-order chi connectivity index (χ0) is 9.68. The molecule has 1 nitrogen and oxygen atoms in total. The number of benzene rings is 1. The van der Waals surface area contributed by atoms with Crippen LogP contribution in [0.5, 0.6) is 0 Å². The highest BCUT2D eigenvalue weighted by Crippen LogP contribution is 2.23. The van der Waals surface area contributed by atoms with E-state index in [0.29, 0.717) is 10.0 Å². The summed E-state index contributed by atoms with van der Waals surface area (Å²) in [6.07, 6.45) is 3.18. The molecule has 0 heterocycles. The first-order valence-corrected chi connectivity index (χ1v) is 5.13. The van der Waals surface area contributed by atoms with Crippen molar-refractivity contribution in [2.24, 2.45) is 5.73 Å². The molecular formula is C10H13Cl2N. The molecule has 0 amide bonds. The third-order valence-corrected chi connectivity index (χ3v) is 2.64. The molecule has 2 N–H and O–H groups in total. The van der Waals surface area contributed by atoms with Crippen LogP contribution >= 0.6 is 23.2 Å². The predicted octanol–water partition coefficient (Wildman–Crippen LogP) is 3.27. The van der Waals surface area contributed by atoms with Gasteiger partial charge in [-0.05, 0) is 43.5 Å². The van der Waals surface area contributed by atoms with Gasteiger partial charge in [-0.1, -0.05) is 29.3 Å². The first-order chi connectivity index (χ1) is 6.24. The first-order valence-electron chi connectivity index (χ1n) is 4.38. The third kappa shape index (κ3) is 3.55. The van der Waals surface area contributed by atoms with Gasteiger partial charge in [-0.3, -0.25) is 0 Å². The van der Waals surface area contributed by atoms with E-state index in [0.717, 1.165) is 25.8 Å². The van der Waals surface area contributed by atoms with Crippen LogP contribution in [0, 0.1) is 0 Å². The SMILES string of the molecule is NCCCCc1ccc(Cl)c(Cl)c1. The van der Waals surface area contributed by atoms with Crippen LogP contribution < -0.4 is 5.73 Å². The topological polar surface area (TPSA) is 26.0 Å². The summed E-state index contributed by atoms with van der Waals surface area (Å²) in [6.45, 7) is 0.751. The largest absolute Gasteiger partial charge is 0.330 e. The Bertz CT molecular complexity index is 274. The number of hydrogen-bond donors (Lipinski definition) is 1. The molecule has 0 aliphatic heterocycles. The molecule has 0 spiro atoms. The maximum atomic E-state index is 5.87. The van der Waals surface area contributed by atoms with Crippen LogP contribution in [0.3, 0.4) is 0 Å². The number of aryl methyl sites for hydroxylation is 1. The van der Waals surface area contributed by atoms with E-state index in [-0.39, 0.29) is 0 Å². The second-order valence-corrected chi connectivity index (χ2v) is 3.81. The first kappa shape index (κ1) is 10.8. The molecule has 3 heteroatoms. The Morgan fingerprint density at radius 1 is 1.08 bits per heavy atom. The maximum Gasteiger partial charge on any atom is 0.0595 e. The zero-order valence-corrected chi connectivity index (χ0v) is 8.91. The highest BCUT2D eigenvalue weighted by atomic mass is 35.5. The van der Waals surface area contributed by atoms with Crippen molar-refractivity contribution in [2.75, 3.05) is 6.54 Å². The number of rotatable bonds is 4. The lowest BCUT2D eigenvalue weighted by Crippen LogP contribution is -1.98. The molecule has 13 heavy (non-hydrogen) atoms. The van der Waals surface area contributed by atoms with Crippen molar-refractivity contribution in [3.8, 4) is 0 Å². The number of halogens is 2. The van der Waals surface area contributed by atoms with Gasteiger partial charge in [0.2, 0.25) is 0 Å². The molecule has 1 rings (SSSR count). The molecule has 72 valence electrons. The Kier molecular flexibility index (Phi) is 4.57.